The summed E-state index contributed by atoms with van der Waals surface area (Å²) in [6.45, 7) is 0.611. The Hall–Kier alpha value is -0.780. The second-order valence-electron chi connectivity index (χ2n) is 5.39. The maximum atomic E-state index is 11.5. The minimum absolute atomic E-state index is 0.0487. The molecule has 0 aliphatic carbocycles. The summed E-state index contributed by atoms with van der Waals surface area (Å²) in [5, 5.41) is 11.0. The van der Waals surface area contributed by atoms with E-state index < -0.39 is 15.4 Å². The van der Waals surface area contributed by atoms with E-state index in [0.717, 1.165) is 23.3 Å². The molecule has 6 heteroatoms. The quantitative estimate of drug-likeness (QED) is 0.896. The van der Waals surface area contributed by atoms with Crippen molar-refractivity contribution in [3.63, 3.8) is 0 Å². The number of hydrogen-bond donors (Lipinski definition) is 1. The molecule has 2 aliphatic heterocycles. The van der Waals surface area contributed by atoms with Crippen molar-refractivity contribution in [2.24, 2.45) is 0 Å². The Morgan fingerprint density at radius 3 is 2.89 bits per heavy atom. The topological polar surface area (TPSA) is 63.6 Å². The standard InChI is InChI=1S/C13H15ClO4S/c14-11-5-9-1-3-18-12(9)10(6-11)7-13(15)2-4-19(16,17)8-13/h5-6,15H,1-4,7-8H2. The van der Waals surface area contributed by atoms with E-state index in [1.54, 1.807) is 6.07 Å². The summed E-state index contributed by atoms with van der Waals surface area (Å²) in [5.74, 6) is 0.635. The first-order valence-electron chi connectivity index (χ1n) is 6.24. The average Bonchev–Trinajstić information content (AvgIpc) is 2.83. The lowest BCUT2D eigenvalue weighted by Crippen LogP contribution is -2.32. The van der Waals surface area contributed by atoms with E-state index in [0.29, 0.717) is 11.6 Å². The molecule has 2 heterocycles. The summed E-state index contributed by atoms with van der Waals surface area (Å²) in [6.07, 6.45) is 1.35. The van der Waals surface area contributed by atoms with Gasteiger partial charge >= 0.3 is 0 Å². The van der Waals surface area contributed by atoms with Gasteiger partial charge in [0.25, 0.3) is 0 Å². The van der Waals surface area contributed by atoms with Crippen LogP contribution >= 0.6 is 11.6 Å². The van der Waals surface area contributed by atoms with Gasteiger partial charge in [-0.2, -0.15) is 0 Å². The molecular weight excluding hydrogens is 288 g/mol. The molecule has 1 saturated heterocycles. The van der Waals surface area contributed by atoms with Crippen LogP contribution in [0.4, 0.5) is 0 Å². The number of fused-ring (bicyclic) bond motifs is 1. The Labute approximate surface area is 117 Å². The molecule has 0 bridgehead atoms. The van der Waals surface area contributed by atoms with Crippen LogP contribution in [0.3, 0.4) is 0 Å². The maximum absolute atomic E-state index is 11.5. The van der Waals surface area contributed by atoms with E-state index in [1.165, 1.54) is 0 Å². The summed E-state index contributed by atoms with van der Waals surface area (Å²) in [4.78, 5) is 0. The molecule has 4 nitrogen and oxygen atoms in total. The number of aliphatic hydroxyl groups is 1. The van der Waals surface area contributed by atoms with Gasteiger partial charge in [0.15, 0.2) is 9.84 Å². The van der Waals surface area contributed by atoms with E-state index in [2.05, 4.69) is 0 Å². The van der Waals surface area contributed by atoms with E-state index >= 15 is 0 Å². The first-order valence-corrected chi connectivity index (χ1v) is 8.44. The van der Waals surface area contributed by atoms with Crippen LogP contribution in [-0.4, -0.2) is 37.2 Å². The molecule has 3 rings (SSSR count). The predicted octanol–water partition coefficient (Wildman–Crippen LogP) is 1.37. The smallest absolute Gasteiger partial charge is 0.153 e. The van der Waals surface area contributed by atoms with Crippen molar-refractivity contribution in [3.8, 4) is 5.75 Å². The molecular formula is C13H15ClO4S. The van der Waals surface area contributed by atoms with Crippen LogP contribution in [0.5, 0.6) is 5.75 Å². The fourth-order valence-corrected chi connectivity index (χ4v) is 5.03. The molecule has 0 spiro atoms. The zero-order chi connectivity index (χ0) is 13.7. The number of benzene rings is 1. The maximum Gasteiger partial charge on any atom is 0.153 e. The molecule has 1 aromatic rings. The average molecular weight is 303 g/mol. The van der Waals surface area contributed by atoms with Crippen LogP contribution in [0, 0.1) is 0 Å². The Kier molecular flexibility index (Phi) is 3.04. The van der Waals surface area contributed by atoms with Crippen molar-refractivity contribution >= 4 is 21.4 Å². The lowest BCUT2D eigenvalue weighted by molar-refractivity contribution is 0.0675. The normalized spacial score (nSPS) is 28.1. The molecule has 1 N–H and O–H groups in total. The van der Waals surface area contributed by atoms with Crippen molar-refractivity contribution in [3.05, 3.63) is 28.3 Å². The molecule has 2 aliphatic rings. The van der Waals surface area contributed by atoms with Crippen LogP contribution in [0.25, 0.3) is 0 Å². The molecule has 19 heavy (non-hydrogen) atoms. The molecule has 104 valence electrons. The summed E-state index contributed by atoms with van der Waals surface area (Å²) in [5.41, 5.74) is 0.648. The van der Waals surface area contributed by atoms with Crippen molar-refractivity contribution in [2.45, 2.75) is 24.9 Å². The van der Waals surface area contributed by atoms with Crippen LogP contribution in [0.15, 0.2) is 12.1 Å². The molecule has 0 aromatic heterocycles. The molecule has 1 fully saturated rings. The van der Waals surface area contributed by atoms with E-state index in [1.807, 2.05) is 6.07 Å². The lowest BCUT2D eigenvalue weighted by atomic mass is 9.92. The van der Waals surface area contributed by atoms with Gasteiger partial charge in [-0.3, -0.25) is 0 Å². The van der Waals surface area contributed by atoms with Gasteiger partial charge in [-0.1, -0.05) is 11.6 Å². The van der Waals surface area contributed by atoms with Crippen LogP contribution in [-0.2, 0) is 22.7 Å². The Bertz CT molecular complexity index is 626. The van der Waals surface area contributed by atoms with Gasteiger partial charge < -0.3 is 9.84 Å². The molecule has 0 saturated carbocycles. The van der Waals surface area contributed by atoms with Gasteiger partial charge in [-0.05, 0) is 29.7 Å². The second kappa shape index (κ2) is 4.36. The fourth-order valence-electron chi connectivity index (χ4n) is 2.87. The molecule has 1 unspecified atom stereocenters. The highest BCUT2D eigenvalue weighted by atomic mass is 35.5. The third-order valence-electron chi connectivity index (χ3n) is 3.71. The third kappa shape index (κ3) is 2.59. The minimum Gasteiger partial charge on any atom is -0.493 e. The zero-order valence-corrected chi connectivity index (χ0v) is 11.9. The SMILES string of the molecule is O=S1(=O)CCC(O)(Cc2cc(Cl)cc3c2OCC3)C1. The van der Waals surface area contributed by atoms with E-state index in [4.69, 9.17) is 16.3 Å². The van der Waals surface area contributed by atoms with Crippen molar-refractivity contribution in [1.29, 1.82) is 0 Å². The Balaban J connectivity index is 1.92. The molecule has 1 atom stereocenters. The Morgan fingerprint density at radius 2 is 2.21 bits per heavy atom. The monoisotopic (exact) mass is 302 g/mol. The highest BCUT2D eigenvalue weighted by Crippen LogP contribution is 2.37. The number of halogens is 1. The minimum atomic E-state index is -3.12. The number of ether oxygens (including phenoxy) is 1. The number of rotatable bonds is 2. The largest absolute Gasteiger partial charge is 0.493 e. The second-order valence-corrected chi connectivity index (χ2v) is 8.02. The predicted molar refractivity (Wildman–Crippen MR) is 72.6 cm³/mol. The van der Waals surface area contributed by atoms with Crippen molar-refractivity contribution in [1.82, 2.24) is 0 Å². The van der Waals surface area contributed by atoms with Crippen molar-refractivity contribution < 1.29 is 18.3 Å². The third-order valence-corrected chi connectivity index (χ3v) is 5.73. The highest BCUT2D eigenvalue weighted by Gasteiger charge is 2.41. The number of hydrogen-bond acceptors (Lipinski definition) is 4. The summed E-state index contributed by atoms with van der Waals surface area (Å²) in [6, 6.07) is 3.62. The van der Waals surface area contributed by atoms with Gasteiger partial charge in [-0.15, -0.1) is 0 Å². The van der Waals surface area contributed by atoms with Crippen LogP contribution < -0.4 is 4.74 Å². The Morgan fingerprint density at radius 1 is 1.42 bits per heavy atom. The first kappa shape index (κ1) is 13.2. The summed E-state index contributed by atoms with van der Waals surface area (Å²) in [7, 11) is -3.12. The summed E-state index contributed by atoms with van der Waals surface area (Å²) < 4.78 is 28.6. The molecule has 0 amide bonds. The molecule has 1 aromatic carbocycles. The van der Waals surface area contributed by atoms with Crippen LogP contribution in [0.1, 0.15) is 17.5 Å². The highest BCUT2D eigenvalue weighted by molar-refractivity contribution is 7.91. The van der Waals surface area contributed by atoms with E-state index in [-0.39, 0.29) is 24.3 Å². The van der Waals surface area contributed by atoms with Gasteiger partial charge in [0.2, 0.25) is 0 Å². The van der Waals surface area contributed by atoms with Gasteiger partial charge in [0.05, 0.1) is 23.7 Å². The van der Waals surface area contributed by atoms with Crippen LogP contribution in [0.2, 0.25) is 5.02 Å². The zero-order valence-electron chi connectivity index (χ0n) is 10.4. The lowest BCUT2D eigenvalue weighted by Gasteiger charge is -2.22. The fraction of sp³-hybridized carbons (Fsp3) is 0.538. The van der Waals surface area contributed by atoms with Gasteiger partial charge in [0, 0.05) is 17.9 Å². The van der Waals surface area contributed by atoms with Gasteiger partial charge in [0.1, 0.15) is 5.75 Å². The molecule has 0 radical (unpaired) electrons. The number of sulfone groups is 1. The first-order chi connectivity index (χ1) is 8.87. The summed E-state index contributed by atoms with van der Waals surface area (Å²) >= 11 is 6.06. The van der Waals surface area contributed by atoms with Crippen molar-refractivity contribution in [2.75, 3.05) is 18.1 Å². The van der Waals surface area contributed by atoms with Gasteiger partial charge in [-0.25, -0.2) is 8.42 Å². The van der Waals surface area contributed by atoms with E-state index in [9.17, 15) is 13.5 Å².